The molecule has 0 amide bonds. The molecule has 2 rings (SSSR count). The van der Waals surface area contributed by atoms with Crippen LogP contribution in [0, 0.1) is 5.92 Å². The van der Waals surface area contributed by atoms with E-state index in [1.165, 1.54) is 25.8 Å². The molecule has 1 aromatic rings. The summed E-state index contributed by atoms with van der Waals surface area (Å²) in [7, 11) is 0. The summed E-state index contributed by atoms with van der Waals surface area (Å²) in [5.41, 5.74) is 5.93. The molecule has 2 N–H and O–H groups in total. The molecule has 2 unspecified atom stereocenters. The second kappa shape index (κ2) is 8.28. The van der Waals surface area contributed by atoms with Crippen molar-refractivity contribution in [2.24, 2.45) is 11.7 Å². The van der Waals surface area contributed by atoms with Gasteiger partial charge in [-0.1, -0.05) is 31.5 Å². The summed E-state index contributed by atoms with van der Waals surface area (Å²) < 4.78 is 5.75. The van der Waals surface area contributed by atoms with Crippen molar-refractivity contribution in [1.29, 1.82) is 0 Å². The fraction of sp³-hybridized carbons (Fsp3) is 0.647. The van der Waals surface area contributed by atoms with Crippen molar-refractivity contribution < 1.29 is 4.74 Å². The van der Waals surface area contributed by atoms with Gasteiger partial charge in [0.1, 0.15) is 5.75 Å². The first-order valence-corrected chi connectivity index (χ1v) is 7.95. The van der Waals surface area contributed by atoms with Crippen LogP contribution in [0.25, 0.3) is 0 Å². The number of benzene rings is 1. The number of para-hydroxylation sites is 1. The zero-order valence-corrected chi connectivity index (χ0v) is 12.6. The van der Waals surface area contributed by atoms with Crippen LogP contribution in [0.5, 0.6) is 5.75 Å². The maximum absolute atomic E-state index is 5.93. The van der Waals surface area contributed by atoms with Crippen molar-refractivity contribution >= 4 is 0 Å². The third-order valence-corrected chi connectivity index (χ3v) is 4.40. The van der Waals surface area contributed by atoms with E-state index in [9.17, 15) is 0 Å². The van der Waals surface area contributed by atoms with Gasteiger partial charge in [-0.15, -0.1) is 0 Å². The zero-order valence-electron chi connectivity index (χ0n) is 12.6. The third kappa shape index (κ3) is 4.50. The largest absolute Gasteiger partial charge is 0.494 e. The summed E-state index contributed by atoms with van der Waals surface area (Å²) in [5, 5.41) is 0. The molecule has 1 saturated heterocycles. The molecule has 2 atom stereocenters. The van der Waals surface area contributed by atoms with E-state index in [0.29, 0.717) is 6.04 Å². The molecular weight excluding hydrogens is 248 g/mol. The quantitative estimate of drug-likeness (QED) is 0.778. The van der Waals surface area contributed by atoms with E-state index >= 15 is 0 Å². The van der Waals surface area contributed by atoms with Crippen LogP contribution < -0.4 is 10.5 Å². The first-order valence-electron chi connectivity index (χ1n) is 7.95. The van der Waals surface area contributed by atoms with Crippen LogP contribution in [-0.4, -0.2) is 37.2 Å². The molecule has 0 bridgehead atoms. The summed E-state index contributed by atoms with van der Waals surface area (Å²) in [6, 6.07) is 10.6. The van der Waals surface area contributed by atoms with Crippen LogP contribution in [0.4, 0.5) is 0 Å². The highest BCUT2D eigenvalue weighted by molar-refractivity contribution is 5.20. The maximum atomic E-state index is 5.93. The van der Waals surface area contributed by atoms with Gasteiger partial charge < -0.3 is 10.5 Å². The van der Waals surface area contributed by atoms with Gasteiger partial charge in [-0.3, -0.25) is 4.90 Å². The van der Waals surface area contributed by atoms with Crippen LogP contribution in [0.3, 0.4) is 0 Å². The second-order valence-electron chi connectivity index (χ2n) is 5.74. The highest BCUT2D eigenvalue weighted by Crippen LogP contribution is 2.24. The predicted octanol–water partition coefficient (Wildman–Crippen LogP) is 2.90. The minimum Gasteiger partial charge on any atom is -0.494 e. The van der Waals surface area contributed by atoms with Crippen molar-refractivity contribution in [3.63, 3.8) is 0 Å². The summed E-state index contributed by atoms with van der Waals surface area (Å²) in [6.45, 7) is 6.17. The normalized spacial score (nSPS) is 23.7. The van der Waals surface area contributed by atoms with Crippen molar-refractivity contribution in [3.05, 3.63) is 30.3 Å². The van der Waals surface area contributed by atoms with Gasteiger partial charge in [0.15, 0.2) is 0 Å². The molecular formula is C17H28N2O. The molecule has 0 saturated carbocycles. The Morgan fingerprint density at radius 2 is 2.10 bits per heavy atom. The first-order chi connectivity index (χ1) is 9.83. The number of hydrogen-bond donors (Lipinski definition) is 1. The Morgan fingerprint density at radius 1 is 1.30 bits per heavy atom. The molecule has 1 aromatic carbocycles. The monoisotopic (exact) mass is 276 g/mol. The molecule has 1 aliphatic heterocycles. The van der Waals surface area contributed by atoms with Crippen LogP contribution in [0.1, 0.15) is 32.6 Å². The number of nitrogens with two attached hydrogens (primary N) is 1. The van der Waals surface area contributed by atoms with Gasteiger partial charge in [-0.25, -0.2) is 0 Å². The lowest BCUT2D eigenvalue weighted by molar-refractivity contribution is 0.107. The Bertz CT molecular complexity index is 369. The molecule has 0 aliphatic carbocycles. The first kappa shape index (κ1) is 15.3. The Hall–Kier alpha value is -1.06. The highest BCUT2D eigenvalue weighted by atomic mass is 16.5. The molecule has 3 heteroatoms. The topological polar surface area (TPSA) is 38.5 Å². The molecule has 3 nitrogen and oxygen atoms in total. The van der Waals surface area contributed by atoms with Gasteiger partial charge >= 0.3 is 0 Å². The van der Waals surface area contributed by atoms with E-state index in [1.54, 1.807) is 0 Å². The molecule has 0 spiro atoms. The summed E-state index contributed by atoms with van der Waals surface area (Å²) in [5.74, 6) is 1.84. The van der Waals surface area contributed by atoms with Crippen LogP contribution in [0.2, 0.25) is 0 Å². The van der Waals surface area contributed by atoms with Crippen LogP contribution >= 0.6 is 0 Å². The van der Waals surface area contributed by atoms with Crippen LogP contribution in [0.15, 0.2) is 30.3 Å². The van der Waals surface area contributed by atoms with Crippen molar-refractivity contribution in [2.75, 3.05) is 26.2 Å². The molecule has 112 valence electrons. The van der Waals surface area contributed by atoms with E-state index in [-0.39, 0.29) is 0 Å². The zero-order chi connectivity index (χ0) is 14.2. The summed E-state index contributed by atoms with van der Waals surface area (Å²) in [4.78, 5) is 2.56. The molecule has 20 heavy (non-hydrogen) atoms. The smallest absolute Gasteiger partial charge is 0.119 e. The number of nitrogens with zero attached hydrogens (tertiary/aromatic N) is 1. The molecule has 1 aliphatic rings. The van der Waals surface area contributed by atoms with E-state index in [4.69, 9.17) is 10.5 Å². The van der Waals surface area contributed by atoms with Gasteiger partial charge in [0.2, 0.25) is 0 Å². The predicted molar refractivity (Wildman–Crippen MR) is 84.0 cm³/mol. The number of ether oxygens (including phenoxy) is 1. The lowest BCUT2D eigenvalue weighted by Crippen LogP contribution is -2.47. The van der Waals surface area contributed by atoms with E-state index in [1.807, 2.05) is 30.3 Å². The average molecular weight is 276 g/mol. The second-order valence-corrected chi connectivity index (χ2v) is 5.74. The van der Waals surface area contributed by atoms with E-state index < -0.39 is 0 Å². The molecule has 0 radical (unpaired) electrons. The van der Waals surface area contributed by atoms with E-state index in [0.717, 1.165) is 37.8 Å². The van der Waals surface area contributed by atoms with Gasteiger partial charge in [0.05, 0.1) is 6.61 Å². The lowest BCUT2D eigenvalue weighted by atomic mass is 9.89. The maximum Gasteiger partial charge on any atom is 0.119 e. The van der Waals surface area contributed by atoms with Crippen molar-refractivity contribution in [2.45, 2.75) is 38.6 Å². The molecule has 0 aromatic heterocycles. The Morgan fingerprint density at radius 3 is 2.80 bits per heavy atom. The minimum absolute atomic E-state index is 0.574. The number of hydrogen-bond acceptors (Lipinski definition) is 3. The Balaban J connectivity index is 1.68. The molecule has 1 heterocycles. The van der Waals surface area contributed by atoms with Gasteiger partial charge in [-0.05, 0) is 43.9 Å². The van der Waals surface area contributed by atoms with Gasteiger partial charge in [0, 0.05) is 19.1 Å². The number of likely N-dealkylation sites (tertiary alicyclic amines) is 1. The lowest BCUT2D eigenvalue weighted by Gasteiger charge is -2.38. The standard InChI is InChI=1S/C17H28N2O/c1-2-15-9-11-19(16(13-15)14-18)10-6-12-20-17-7-4-3-5-8-17/h3-5,7-8,15-16H,2,6,9-14,18H2,1H3. The van der Waals surface area contributed by atoms with Crippen LogP contribution in [-0.2, 0) is 0 Å². The van der Waals surface area contributed by atoms with Gasteiger partial charge in [-0.2, -0.15) is 0 Å². The van der Waals surface area contributed by atoms with Crippen molar-refractivity contribution in [3.8, 4) is 5.75 Å². The summed E-state index contributed by atoms with van der Waals surface area (Å²) in [6.07, 6.45) is 4.96. The Labute approximate surface area is 123 Å². The average Bonchev–Trinajstić information content (AvgIpc) is 2.52. The number of piperidine rings is 1. The fourth-order valence-corrected chi connectivity index (χ4v) is 3.07. The fourth-order valence-electron chi connectivity index (χ4n) is 3.07. The third-order valence-electron chi connectivity index (χ3n) is 4.40. The SMILES string of the molecule is CCC1CCN(CCCOc2ccccc2)C(CN)C1. The summed E-state index contributed by atoms with van der Waals surface area (Å²) >= 11 is 0. The highest BCUT2D eigenvalue weighted by Gasteiger charge is 2.25. The van der Waals surface area contributed by atoms with Crippen molar-refractivity contribution in [1.82, 2.24) is 4.90 Å². The van der Waals surface area contributed by atoms with Gasteiger partial charge in [0.25, 0.3) is 0 Å². The number of rotatable bonds is 7. The van der Waals surface area contributed by atoms with E-state index in [2.05, 4.69) is 11.8 Å². The molecule has 1 fully saturated rings. The Kier molecular flexibility index (Phi) is 6.34. The minimum atomic E-state index is 0.574.